The lowest BCUT2D eigenvalue weighted by atomic mass is 10.1. The van der Waals surface area contributed by atoms with Crippen molar-refractivity contribution in [1.82, 2.24) is 5.06 Å². The maximum atomic E-state index is 10.6. The van der Waals surface area contributed by atoms with Gasteiger partial charge in [0.05, 0.1) is 6.04 Å². The van der Waals surface area contributed by atoms with Gasteiger partial charge in [0.15, 0.2) is 0 Å². The molecule has 0 heterocycles. The van der Waals surface area contributed by atoms with Gasteiger partial charge in [0, 0.05) is 13.0 Å². The normalized spacial score (nSPS) is 15.7. The van der Waals surface area contributed by atoms with Crippen LogP contribution in [0.3, 0.4) is 0 Å². The Kier molecular flexibility index (Phi) is 4.07. The molecule has 0 spiro atoms. The van der Waals surface area contributed by atoms with Crippen molar-refractivity contribution in [3.63, 3.8) is 0 Å². The molecular formula is C7H16N2O2. The molecule has 0 aromatic rings. The van der Waals surface area contributed by atoms with E-state index in [0.717, 1.165) is 0 Å². The van der Waals surface area contributed by atoms with Crippen LogP contribution in [-0.4, -0.2) is 28.3 Å². The van der Waals surface area contributed by atoms with E-state index < -0.39 is 0 Å². The molecule has 0 aromatic heterocycles. The van der Waals surface area contributed by atoms with Crippen molar-refractivity contribution >= 4 is 5.91 Å². The Hall–Kier alpha value is -0.610. The zero-order valence-electron chi connectivity index (χ0n) is 7.24. The predicted octanol–water partition coefficient (Wildman–Crippen LogP) is 0.350. The fourth-order valence-electron chi connectivity index (χ4n) is 0.948. The van der Waals surface area contributed by atoms with E-state index in [1.807, 2.05) is 6.92 Å². The number of nitrogens with two attached hydrogens (primary N) is 1. The highest BCUT2D eigenvalue weighted by Crippen LogP contribution is 2.02. The van der Waals surface area contributed by atoms with E-state index in [4.69, 9.17) is 10.9 Å². The molecule has 0 fully saturated rings. The molecule has 0 aliphatic carbocycles. The first-order chi connectivity index (χ1) is 4.95. The molecule has 0 saturated heterocycles. The maximum absolute atomic E-state index is 10.6. The molecule has 66 valence electrons. The second-order valence-corrected chi connectivity index (χ2v) is 2.93. The average Bonchev–Trinajstić information content (AvgIpc) is 1.84. The summed E-state index contributed by atoms with van der Waals surface area (Å²) in [5.41, 5.74) is 5.48. The van der Waals surface area contributed by atoms with Crippen LogP contribution in [0.25, 0.3) is 0 Å². The van der Waals surface area contributed by atoms with Crippen LogP contribution in [-0.2, 0) is 4.79 Å². The molecule has 0 aliphatic heterocycles. The Bertz CT molecular complexity index is 136. The second kappa shape index (κ2) is 4.31. The van der Waals surface area contributed by atoms with Crippen molar-refractivity contribution in [1.29, 1.82) is 0 Å². The number of hydrogen-bond acceptors (Lipinski definition) is 3. The summed E-state index contributed by atoms with van der Waals surface area (Å²) in [7, 11) is 0. The number of nitrogens with zero attached hydrogens (tertiary/aromatic N) is 1. The lowest BCUT2D eigenvalue weighted by Crippen LogP contribution is -2.37. The van der Waals surface area contributed by atoms with Gasteiger partial charge in [0.25, 0.3) is 0 Å². The van der Waals surface area contributed by atoms with Crippen molar-refractivity contribution < 1.29 is 10.0 Å². The SMILES string of the molecule is CC(=O)N(O)C(C)CC(C)N. The number of carbonyl (C=O) groups excluding carboxylic acids is 1. The molecule has 0 rings (SSSR count). The zero-order valence-corrected chi connectivity index (χ0v) is 7.24. The van der Waals surface area contributed by atoms with E-state index in [1.165, 1.54) is 6.92 Å². The summed E-state index contributed by atoms with van der Waals surface area (Å²) in [6, 6.07) is -0.202. The number of carbonyl (C=O) groups is 1. The zero-order chi connectivity index (χ0) is 9.02. The van der Waals surface area contributed by atoms with Gasteiger partial charge in [-0.15, -0.1) is 0 Å². The molecule has 0 aliphatic rings. The lowest BCUT2D eigenvalue weighted by molar-refractivity contribution is -0.172. The highest BCUT2D eigenvalue weighted by atomic mass is 16.5. The first-order valence-corrected chi connectivity index (χ1v) is 3.69. The van der Waals surface area contributed by atoms with Gasteiger partial charge < -0.3 is 5.73 Å². The van der Waals surface area contributed by atoms with Crippen LogP contribution in [0.1, 0.15) is 27.2 Å². The monoisotopic (exact) mass is 160 g/mol. The van der Waals surface area contributed by atoms with E-state index in [1.54, 1.807) is 6.92 Å². The van der Waals surface area contributed by atoms with Crippen molar-refractivity contribution in [2.45, 2.75) is 39.3 Å². The topological polar surface area (TPSA) is 66.6 Å². The van der Waals surface area contributed by atoms with Crippen molar-refractivity contribution in [3.8, 4) is 0 Å². The molecule has 2 atom stereocenters. The molecular weight excluding hydrogens is 144 g/mol. The van der Waals surface area contributed by atoms with Crippen LogP contribution >= 0.6 is 0 Å². The molecule has 1 amide bonds. The average molecular weight is 160 g/mol. The summed E-state index contributed by atoms with van der Waals surface area (Å²) in [4.78, 5) is 10.6. The van der Waals surface area contributed by atoms with E-state index >= 15 is 0 Å². The van der Waals surface area contributed by atoms with Crippen molar-refractivity contribution in [2.24, 2.45) is 5.73 Å². The third-order valence-corrected chi connectivity index (χ3v) is 1.45. The lowest BCUT2D eigenvalue weighted by Gasteiger charge is -2.22. The Morgan fingerprint density at radius 3 is 2.36 bits per heavy atom. The van der Waals surface area contributed by atoms with E-state index in [2.05, 4.69) is 0 Å². The summed E-state index contributed by atoms with van der Waals surface area (Å²) < 4.78 is 0. The minimum Gasteiger partial charge on any atom is -0.328 e. The second-order valence-electron chi connectivity index (χ2n) is 2.93. The Morgan fingerprint density at radius 1 is 1.64 bits per heavy atom. The molecule has 0 saturated carbocycles. The highest BCUT2D eigenvalue weighted by molar-refractivity contribution is 5.72. The van der Waals surface area contributed by atoms with Gasteiger partial charge in [-0.1, -0.05) is 0 Å². The minimum atomic E-state index is -0.349. The summed E-state index contributed by atoms with van der Waals surface area (Å²) in [6.07, 6.45) is 0.607. The van der Waals surface area contributed by atoms with E-state index in [-0.39, 0.29) is 18.0 Å². The predicted molar refractivity (Wildman–Crippen MR) is 42.0 cm³/mol. The number of hydrogen-bond donors (Lipinski definition) is 2. The maximum Gasteiger partial charge on any atom is 0.243 e. The molecule has 0 aromatic carbocycles. The molecule has 0 bridgehead atoms. The molecule has 11 heavy (non-hydrogen) atoms. The van der Waals surface area contributed by atoms with Crippen LogP contribution in [0.15, 0.2) is 0 Å². The quantitative estimate of drug-likeness (QED) is 0.462. The molecule has 4 heteroatoms. The Labute approximate surface area is 66.9 Å². The van der Waals surface area contributed by atoms with Gasteiger partial charge in [-0.2, -0.15) is 0 Å². The summed E-state index contributed by atoms with van der Waals surface area (Å²) in [5, 5.41) is 9.78. The van der Waals surface area contributed by atoms with Crippen LogP contribution in [0.5, 0.6) is 0 Å². The summed E-state index contributed by atoms with van der Waals surface area (Å²) >= 11 is 0. The fourth-order valence-corrected chi connectivity index (χ4v) is 0.948. The Balaban J connectivity index is 3.82. The number of hydroxylamine groups is 2. The van der Waals surface area contributed by atoms with Gasteiger partial charge in [0.1, 0.15) is 0 Å². The van der Waals surface area contributed by atoms with Gasteiger partial charge in [0.2, 0.25) is 5.91 Å². The summed E-state index contributed by atoms with van der Waals surface area (Å²) in [6.45, 7) is 4.91. The van der Waals surface area contributed by atoms with Crippen LogP contribution in [0.4, 0.5) is 0 Å². The third kappa shape index (κ3) is 3.95. The fraction of sp³-hybridized carbons (Fsp3) is 0.857. The first kappa shape index (κ1) is 10.4. The largest absolute Gasteiger partial charge is 0.328 e. The highest BCUT2D eigenvalue weighted by Gasteiger charge is 2.14. The third-order valence-electron chi connectivity index (χ3n) is 1.45. The van der Waals surface area contributed by atoms with Crippen LogP contribution in [0.2, 0.25) is 0 Å². The minimum absolute atomic E-state index is 0.000926. The van der Waals surface area contributed by atoms with E-state index in [0.29, 0.717) is 11.5 Å². The molecule has 3 N–H and O–H groups in total. The molecule has 4 nitrogen and oxygen atoms in total. The van der Waals surface area contributed by atoms with Gasteiger partial charge in [-0.25, -0.2) is 5.06 Å². The standard InChI is InChI=1S/C7H16N2O2/c1-5(8)4-6(2)9(11)7(3)10/h5-6,11H,4,8H2,1-3H3. The number of amides is 1. The number of rotatable bonds is 3. The van der Waals surface area contributed by atoms with Gasteiger partial charge in [-0.3, -0.25) is 10.0 Å². The van der Waals surface area contributed by atoms with Crippen LogP contribution < -0.4 is 5.73 Å². The van der Waals surface area contributed by atoms with Gasteiger partial charge >= 0.3 is 0 Å². The summed E-state index contributed by atoms with van der Waals surface area (Å²) in [5.74, 6) is -0.349. The molecule has 0 radical (unpaired) electrons. The smallest absolute Gasteiger partial charge is 0.243 e. The van der Waals surface area contributed by atoms with Crippen molar-refractivity contribution in [2.75, 3.05) is 0 Å². The van der Waals surface area contributed by atoms with Gasteiger partial charge in [-0.05, 0) is 20.3 Å². The van der Waals surface area contributed by atoms with Crippen LogP contribution in [0, 0.1) is 0 Å². The van der Waals surface area contributed by atoms with E-state index in [9.17, 15) is 4.79 Å². The molecule has 2 unspecified atom stereocenters. The Morgan fingerprint density at radius 2 is 2.09 bits per heavy atom. The van der Waals surface area contributed by atoms with Crippen molar-refractivity contribution in [3.05, 3.63) is 0 Å². The first-order valence-electron chi connectivity index (χ1n) is 3.69.